The number of aromatic nitrogens is 2. The van der Waals surface area contributed by atoms with Gasteiger partial charge in [0.1, 0.15) is 5.82 Å². The van der Waals surface area contributed by atoms with E-state index in [-0.39, 0.29) is 17.3 Å². The highest BCUT2D eigenvalue weighted by Gasteiger charge is 2.32. The maximum Gasteiger partial charge on any atom is 0.416 e. The van der Waals surface area contributed by atoms with Crippen LogP contribution in [0.5, 0.6) is 0 Å². The SMILES string of the molecule is Cc1cc(N[C@@H]2CCCN(CC3CCCCC3)C2)nnc1-c1ccc(C(F)(F)F)cc1NS(C)(=O)=O. The average Bonchev–Trinajstić information content (AvgIpc) is 2.79. The quantitative estimate of drug-likeness (QED) is 0.510. The lowest BCUT2D eigenvalue weighted by atomic mass is 9.88. The van der Waals surface area contributed by atoms with Crippen LogP contribution >= 0.6 is 0 Å². The van der Waals surface area contributed by atoms with Gasteiger partial charge in [-0.25, -0.2) is 8.42 Å². The van der Waals surface area contributed by atoms with Gasteiger partial charge in [-0.2, -0.15) is 13.2 Å². The highest BCUT2D eigenvalue weighted by Crippen LogP contribution is 2.37. The Morgan fingerprint density at radius 2 is 1.81 bits per heavy atom. The van der Waals surface area contributed by atoms with Crippen molar-refractivity contribution < 1.29 is 21.6 Å². The third kappa shape index (κ3) is 7.09. The van der Waals surface area contributed by atoms with E-state index in [9.17, 15) is 21.6 Å². The smallest absolute Gasteiger partial charge is 0.365 e. The average molecular weight is 526 g/mol. The van der Waals surface area contributed by atoms with E-state index < -0.39 is 21.8 Å². The van der Waals surface area contributed by atoms with Crippen molar-refractivity contribution >= 4 is 21.5 Å². The summed E-state index contributed by atoms with van der Waals surface area (Å²) >= 11 is 0. The molecule has 4 rings (SSSR count). The molecular formula is C25H34F3N5O2S. The molecule has 1 aliphatic heterocycles. The molecule has 2 aliphatic rings. The fraction of sp³-hybridized carbons (Fsp3) is 0.600. The first-order chi connectivity index (χ1) is 17.0. The standard InChI is InChI=1S/C25H34F3N5O2S/c1-17-13-23(29-20-9-6-12-33(16-20)15-18-7-4-3-5-8-18)30-31-24(17)21-11-10-19(25(26,27)28)14-22(21)32-36(2,34)35/h10-11,13-14,18,20,32H,3-9,12,15-16H2,1-2H3,(H,29,30)/t20-/m1/s1. The molecule has 198 valence electrons. The van der Waals surface area contributed by atoms with E-state index in [1.54, 1.807) is 6.92 Å². The zero-order valence-corrected chi connectivity index (χ0v) is 21.6. The minimum Gasteiger partial charge on any atom is -0.365 e. The van der Waals surface area contributed by atoms with Crippen LogP contribution in [-0.4, -0.2) is 55.4 Å². The number of hydrogen-bond acceptors (Lipinski definition) is 6. The van der Waals surface area contributed by atoms with Crippen LogP contribution in [0.4, 0.5) is 24.7 Å². The Labute approximate surface area is 210 Å². The van der Waals surface area contributed by atoms with Crippen LogP contribution in [0.15, 0.2) is 24.3 Å². The first-order valence-corrected chi connectivity index (χ1v) is 14.4. The van der Waals surface area contributed by atoms with Gasteiger partial charge in [0, 0.05) is 24.7 Å². The van der Waals surface area contributed by atoms with Gasteiger partial charge in [-0.15, -0.1) is 10.2 Å². The summed E-state index contributed by atoms with van der Waals surface area (Å²) in [7, 11) is -3.81. The number of aryl methyl sites for hydroxylation is 1. The van der Waals surface area contributed by atoms with E-state index in [4.69, 9.17) is 0 Å². The van der Waals surface area contributed by atoms with Crippen LogP contribution in [0.1, 0.15) is 56.1 Å². The third-order valence-electron chi connectivity index (χ3n) is 6.98. The third-order valence-corrected chi connectivity index (χ3v) is 7.57. The molecule has 0 bridgehead atoms. The molecule has 2 fully saturated rings. The highest BCUT2D eigenvalue weighted by atomic mass is 32.2. The second-order valence-corrected chi connectivity index (χ2v) is 11.9. The molecule has 2 aromatic rings. The van der Waals surface area contributed by atoms with Crippen LogP contribution in [-0.2, 0) is 16.2 Å². The Bertz CT molecular complexity index is 1170. The first-order valence-electron chi connectivity index (χ1n) is 12.5. The van der Waals surface area contributed by atoms with Gasteiger partial charge in [-0.05, 0) is 68.8 Å². The minimum atomic E-state index is -4.61. The van der Waals surface area contributed by atoms with E-state index in [0.717, 1.165) is 56.8 Å². The van der Waals surface area contributed by atoms with Crippen molar-refractivity contribution in [3.8, 4) is 11.3 Å². The van der Waals surface area contributed by atoms with Crippen molar-refractivity contribution in [2.45, 2.75) is 64.1 Å². The van der Waals surface area contributed by atoms with Crippen molar-refractivity contribution in [1.82, 2.24) is 15.1 Å². The topological polar surface area (TPSA) is 87.2 Å². The summed E-state index contributed by atoms with van der Waals surface area (Å²) in [5.74, 6) is 1.39. The van der Waals surface area contributed by atoms with Gasteiger partial charge in [0.2, 0.25) is 10.0 Å². The van der Waals surface area contributed by atoms with Crippen LogP contribution in [0.25, 0.3) is 11.3 Å². The summed E-state index contributed by atoms with van der Waals surface area (Å²) in [4.78, 5) is 2.54. The second-order valence-electron chi connectivity index (χ2n) is 10.1. The normalized spacial score (nSPS) is 20.3. The summed E-state index contributed by atoms with van der Waals surface area (Å²) < 4.78 is 65.5. The van der Waals surface area contributed by atoms with Gasteiger partial charge in [0.25, 0.3) is 0 Å². The van der Waals surface area contributed by atoms with Crippen molar-refractivity contribution in [2.24, 2.45) is 5.92 Å². The zero-order valence-electron chi connectivity index (χ0n) is 20.7. The van der Waals surface area contributed by atoms with Gasteiger partial charge in [-0.1, -0.05) is 25.3 Å². The fourth-order valence-corrected chi connectivity index (χ4v) is 5.88. The first kappa shape index (κ1) is 26.7. The monoisotopic (exact) mass is 525 g/mol. The van der Waals surface area contributed by atoms with E-state index in [1.807, 2.05) is 6.07 Å². The number of anilines is 2. The molecule has 2 heterocycles. The van der Waals surface area contributed by atoms with E-state index in [1.165, 1.54) is 38.2 Å². The molecule has 0 spiro atoms. The largest absolute Gasteiger partial charge is 0.416 e. The summed E-state index contributed by atoms with van der Waals surface area (Å²) in [5, 5.41) is 12.0. The number of rotatable bonds is 7. The lowest BCUT2D eigenvalue weighted by Gasteiger charge is -2.36. The lowest BCUT2D eigenvalue weighted by Crippen LogP contribution is -2.44. The number of likely N-dealkylation sites (tertiary alicyclic amines) is 1. The highest BCUT2D eigenvalue weighted by molar-refractivity contribution is 7.92. The molecule has 7 nitrogen and oxygen atoms in total. The Morgan fingerprint density at radius 1 is 1.06 bits per heavy atom. The molecule has 1 saturated heterocycles. The minimum absolute atomic E-state index is 0.184. The van der Waals surface area contributed by atoms with Gasteiger partial charge in [-0.3, -0.25) is 4.72 Å². The number of nitrogens with zero attached hydrogens (tertiary/aromatic N) is 3. The predicted octanol–water partition coefficient (Wildman–Crippen LogP) is 5.30. The molecule has 2 N–H and O–H groups in total. The number of nitrogens with one attached hydrogen (secondary N) is 2. The van der Waals surface area contributed by atoms with Gasteiger partial charge in [0.05, 0.1) is 23.2 Å². The van der Waals surface area contributed by atoms with Crippen molar-refractivity contribution in [2.75, 3.05) is 35.9 Å². The van der Waals surface area contributed by atoms with Crippen LogP contribution < -0.4 is 10.0 Å². The number of hydrogen-bond donors (Lipinski definition) is 2. The van der Waals surface area contributed by atoms with Gasteiger partial charge in [0.15, 0.2) is 0 Å². The van der Waals surface area contributed by atoms with Crippen molar-refractivity contribution in [3.05, 3.63) is 35.4 Å². The molecule has 1 aliphatic carbocycles. The molecule has 11 heteroatoms. The summed E-state index contributed by atoms with van der Waals surface area (Å²) in [6, 6.07) is 4.98. The predicted molar refractivity (Wildman–Crippen MR) is 135 cm³/mol. The fourth-order valence-electron chi connectivity index (χ4n) is 5.32. The molecule has 0 radical (unpaired) electrons. The van der Waals surface area contributed by atoms with Crippen molar-refractivity contribution in [3.63, 3.8) is 0 Å². The zero-order chi connectivity index (χ0) is 25.9. The maximum absolute atomic E-state index is 13.2. The van der Waals surface area contributed by atoms with E-state index in [2.05, 4.69) is 25.1 Å². The molecule has 0 unspecified atom stereocenters. The Hall–Kier alpha value is -2.40. The number of piperidine rings is 1. The second kappa shape index (κ2) is 10.9. The number of benzene rings is 1. The summed E-state index contributed by atoms with van der Waals surface area (Å²) in [6.07, 6.45) is 5.10. The Balaban J connectivity index is 1.49. The van der Waals surface area contributed by atoms with Gasteiger partial charge < -0.3 is 10.2 Å². The molecule has 1 aromatic carbocycles. The molecular weight excluding hydrogens is 491 g/mol. The molecule has 1 atom stereocenters. The molecule has 0 amide bonds. The molecule has 36 heavy (non-hydrogen) atoms. The van der Waals surface area contributed by atoms with Gasteiger partial charge >= 0.3 is 6.18 Å². The lowest BCUT2D eigenvalue weighted by molar-refractivity contribution is -0.137. The maximum atomic E-state index is 13.2. The summed E-state index contributed by atoms with van der Waals surface area (Å²) in [5.41, 5.74) is 0.107. The van der Waals surface area contributed by atoms with E-state index >= 15 is 0 Å². The van der Waals surface area contributed by atoms with Crippen LogP contribution in [0.2, 0.25) is 0 Å². The van der Waals surface area contributed by atoms with Crippen LogP contribution in [0.3, 0.4) is 0 Å². The van der Waals surface area contributed by atoms with E-state index in [0.29, 0.717) is 17.1 Å². The Morgan fingerprint density at radius 3 is 2.47 bits per heavy atom. The number of halogens is 3. The van der Waals surface area contributed by atoms with Crippen LogP contribution in [0, 0.1) is 12.8 Å². The number of sulfonamides is 1. The Kier molecular flexibility index (Phi) is 8.09. The molecule has 1 saturated carbocycles. The number of alkyl halides is 3. The summed E-state index contributed by atoms with van der Waals surface area (Å²) in [6.45, 7) is 4.99. The van der Waals surface area contributed by atoms with Crippen molar-refractivity contribution in [1.29, 1.82) is 0 Å². The molecule has 1 aromatic heterocycles.